The van der Waals surface area contributed by atoms with Crippen molar-refractivity contribution in [3.05, 3.63) is 69.8 Å². The van der Waals surface area contributed by atoms with Gasteiger partial charge < -0.3 is 9.84 Å². The lowest BCUT2D eigenvalue weighted by Crippen LogP contribution is -1.95. The van der Waals surface area contributed by atoms with E-state index in [2.05, 4.69) is 39.0 Å². The van der Waals surface area contributed by atoms with Crippen LogP contribution in [0.2, 0.25) is 0 Å². The summed E-state index contributed by atoms with van der Waals surface area (Å²) < 4.78 is 5.40. The maximum atomic E-state index is 10.6. The highest BCUT2D eigenvalue weighted by atomic mass is 16.5. The van der Waals surface area contributed by atoms with E-state index < -0.39 is 5.97 Å². The van der Waals surface area contributed by atoms with E-state index in [1.807, 2.05) is 19.1 Å². The zero-order valence-electron chi connectivity index (χ0n) is 15.3. The first-order valence-corrected chi connectivity index (χ1v) is 7.85. The lowest BCUT2D eigenvalue weighted by Gasteiger charge is -2.13. The molecular formula is C21H26O3. The summed E-state index contributed by atoms with van der Waals surface area (Å²) in [6.07, 6.45) is 10.9. The normalized spacial score (nSPS) is 13.1. The van der Waals surface area contributed by atoms with Crippen LogP contribution in [-0.4, -0.2) is 18.2 Å². The largest absolute Gasteiger partial charge is 0.496 e. The predicted molar refractivity (Wildman–Crippen MR) is 101 cm³/mol. The quantitative estimate of drug-likeness (QED) is 0.579. The highest BCUT2D eigenvalue weighted by molar-refractivity contribution is 5.81. The Labute approximate surface area is 144 Å². The van der Waals surface area contributed by atoms with Crippen molar-refractivity contribution >= 4 is 12.0 Å². The molecule has 0 bridgehead atoms. The summed E-state index contributed by atoms with van der Waals surface area (Å²) in [7, 11) is 1.69. The molecular weight excluding hydrogens is 300 g/mol. The van der Waals surface area contributed by atoms with Gasteiger partial charge in [-0.3, -0.25) is 0 Å². The van der Waals surface area contributed by atoms with Gasteiger partial charge in [0.1, 0.15) is 5.75 Å². The number of aliphatic carboxylic acids is 1. The Hall–Kier alpha value is -2.55. The van der Waals surface area contributed by atoms with Crippen LogP contribution in [-0.2, 0) is 4.79 Å². The molecule has 0 saturated carbocycles. The Morgan fingerprint density at radius 2 is 1.75 bits per heavy atom. The predicted octanol–water partition coefficient (Wildman–Crippen LogP) is 5.17. The second-order valence-corrected chi connectivity index (χ2v) is 5.89. The minimum Gasteiger partial charge on any atom is -0.496 e. The van der Waals surface area contributed by atoms with Crippen molar-refractivity contribution < 1.29 is 14.6 Å². The first-order valence-electron chi connectivity index (χ1n) is 7.85. The number of ether oxygens (including phenoxy) is 1. The van der Waals surface area contributed by atoms with Crippen molar-refractivity contribution in [1.29, 1.82) is 0 Å². The van der Waals surface area contributed by atoms with Crippen molar-refractivity contribution in [2.24, 2.45) is 0 Å². The highest BCUT2D eigenvalue weighted by Gasteiger charge is 2.08. The van der Waals surface area contributed by atoms with Crippen LogP contribution >= 0.6 is 0 Å². The number of carboxylic acid groups (broad SMARTS) is 1. The van der Waals surface area contributed by atoms with Gasteiger partial charge in [0.2, 0.25) is 0 Å². The van der Waals surface area contributed by atoms with Crippen molar-refractivity contribution in [3.63, 3.8) is 0 Å². The number of aryl methyl sites for hydroxylation is 1. The Balaban J connectivity index is 2.97. The van der Waals surface area contributed by atoms with Gasteiger partial charge in [-0.05, 0) is 68.5 Å². The van der Waals surface area contributed by atoms with Crippen LogP contribution < -0.4 is 4.74 Å². The molecule has 3 heteroatoms. The number of allylic oxidation sites excluding steroid dienone is 6. The van der Waals surface area contributed by atoms with Gasteiger partial charge in [0.25, 0.3) is 0 Å². The second kappa shape index (κ2) is 8.92. The van der Waals surface area contributed by atoms with Gasteiger partial charge in [-0.1, -0.05) is 36.0 Å². The van der Waals surface area contributed by atoms with Crippen molar-refractivity contribution in [3.8, 4) is 5.75 Å². The Bertz CT molecular complexity index is 732. The second-order valence-electron chi connectivity index (χ2n) is 5.89. The zero-order chi connectivity index (χ0) is 18.3. The fourth-order valence-corrected chi connectivity index (χ4v) is 2.40. The molecule has 0 atom stereocenters. The van der Waals surface area contributed by atoms with E-state index in [1.54, 1.807) is 20.1 Å². The Kier molecular flexibility index (Phi) is 7.25. The fraction of sp³-hybridized carbons (Fsp3) is 0.286. The lowest BCUT2D eigenvalue weighted by molar-refractivity contribution is -0.131. The molecule has 0 spiro atoms. The van der Waals surface area contributed by atoms with E-state index in [-0.39, 0.29) is 0 Å². The molecule has 0 amide bonds. The first kappa shape index (κ1) is 19.5. The van der Waals surface area contributed by atoms with E-state index in [9.17, 15) is 4.79 Å². The van der Waals surface area contributed by atoms with E-state index in [4.69, 9.17) is 9.84 Å². The molecule has 0 radical (unpaired) electrons. The van der Waals surface area contributed by atoms with E-state index in [1.165, 1.54) is 22.8 Å². The number of hydrogen-bond donors (Lipinski definition) is 1. The monoisotopic (exact) mass is 326 g/mol. The topological polar surface area (TPSA) is 46.5 Å². The molecule has 1 aromatic carbocycles. The molecule has 3 nitrogen and oxygen atoms in total. The van der Waals surface area contributed by atoms with Crippen molar-refractivity contribution in [1.82, 2.24) is 0 Å². The van der Waals surface area contributed by atoms with Crippen molar-refractivity contribution in [2.75, 3.05) is 7.11 Å². The van der Waals surface area contributed by atoms with Crippen LogP contribution in [0.1, 0.15) is 36.1 Å². The van der Waals surface area contributed by atoms with E-state index >= 15 is 0 Å². The molecule has 0 aliphatic carbocycles. The van der Waals surface area contributed by atoms with Gasteiger partial charge in [0.15, 0.2) is 0 Å². The average Bonchev–Trinajstić information content (AvgIpc) is 2.50. The van der Waals surface area contributed by atoms with E-state index in [0.717, 1.165) is 16.9 Å². The van der Waals surface area contributed by atoms with Crippen LogP contribution in [0.15, 0.2) is 47.6 Å². The molecule has 0 heterocycles. The molecule has 0 aromatic heterocycles. The summed E-state index contributed by atoms with van der Waals surface area (Å²) in [5.41, 5.74) is 6.53. The highest BCUT2D eigenvalue weighted by Crippen LogP contribution is 2.28. The van der Waals surface area contributed by atoms with Crippen LogP contribution in [0.3, 0.4) is 0 Å². The molecule has 0 unspecified atom stereocenters. The van der Waals surface area contributed by atoms with Gasteiger partial charge in [-0.2, -0.15) is 0 Å². The smallest absolute Gasteiger partial charge is 0.328 e. The molecule has 1 aromatic rings. The summed E-state index contributed by atoms with van der Waals surface area (Å²) >= 11 is 0. The summed E-state index contributed by atoms with van der Waals surface area (Å²) in [6, 6.07) is 2.06. The van der Waals surface area contributed by atoms with Gasteiger partial charge in [0, 0.05) is 6.08 Å². The van der Waals surface area contributed by atoms with E-state index in [0.29, 0.717) is 5.57 Å². The minimum atomic E-state index is -0.932. The number of rotatable bonds is 6. The van der Waals surface area contributed by atoms with Gasteiger partial charge >= 0.3 is 5.97 Å². The Morgan fingerprint density at radius 3 is 2.33 bits per heavy atom. The first-order chi connectivity index (χ1) is 11.3. The third-order valence-corrected chi connectivity index (χ3v) is 3.91. The maximum absolute atomic E-state index is 10.6. The fourth-order valence-electron chi connectivity index (χ4n) is 2.40. The molecule has 1 N–H and O–H groups in total. The van der Waals surface area contributed by atoms with Crippen LogP contribution in [0, 0.1) is 20.8 Å². The summed E-state index contributed by atoms with van der Waals surface area (Å²) in [4.78, 5) is 10.6. The standard InChI is InChI=1S/C21H26O3/c1-14(8-7-9-15(2)12-21(22)23)10-11-19-16(3)13-20(24-6)18(5)17(19)4/h7-13H,1-6H3,(H,22,23)/b9-7+,11-10+,14-8-,15-12+. The zero-order valence-corrected chi connectivity index (χ0v) is 15.3. The number of benzene rings is 1. The van der Waals surface area contributed by atoms with Crippen LogP contribution in [0.25, 0.3) is 6.08 Å². The average molecular weight is 326 g/mol. The van der Waals surface area contributed by atoms with Gasteiger partial charge in [-0.25, -0.2) is 4.79 Å². The molecule has 0 fully saturated rings. The van der Waals surface area contributed by atoms with Crippen molar-refractivity contribution in [2.45, 2.75) is 34.6 Å². The number of hydrogen-bond acceptors (Lipinski definition) is 2. The molecule has 1 rings (SSSR count). The van der Waals surface area contributed by atoms with Gasteiger partial charge in [0.05, 0.1) is 7.11 Å². The van der Waals surface area contributed by atoms with Crippen LogP contribution in [0.4, 0.5) is 0 Å². The van der Waals surface area contributed by atoms with Gasteiger partial charge in [-0.15, -0.1) is 0 Å². The SMILES string of the molecule is COc1cc(C)c(/C=C/C(C)=C\C=C\C(C)=C\C(=O)O)c(C)c1C. The minimum absolute atomic E-state index is 0.702. The molecule has 0 aliphatic rings. The number of carboxylic acids is 1. The lowest BCUT2D eigenvalue weighted by atomic mass is 9.96. The Morgan fingerprint density at radius 1 is 1.08 bits per heavy atom. The molecule has 24 heavy (non-hydrogen) atoms. The number of carbonyl (C=O) groups is 1. The maximum Gasteiger partial charge on any atom is 0.328 e. The number of methoxy groups -OCH3 is 1. The third-order valence-electron chi connectivity index (χ3n) is 3.91. The summed E-state index contributed by atoms with van der Waals surface area (Å²) in [5.74, 6) is -0.0170. The molecule has 0 aliphatic heterocycles. The molecule has 128 valence electrons. The van der Waals surface area contributed by atoms with Crippen LogP contribution in [0.5, 0.6) is 5.75 Å². The summed E-state index contributed by atoms with van der Waals surface area (Å²) in [6.45, 7) is 10.0. The molecule has 0 saturated heterocycles. The third kappa shape index (κ3) is 5.58. The summed E-state index contributed by atoms with van der Waals surface area (Å²) in [5, 5.41) is 8.67.